The Balaban J connectivity index is 1.63. The van der Waals surface area contributed by atoms with E-state index in [1.807, 2.05) is 36.4 Å². The van der Waals surface area contributed by atoms with Gasteiger partial charge in [0.05, 0.1) is 22.5 Å². The first-order chi connectivity index (χ1) is 14.5. The highest BCUT2D eigenvalue weighted by Gasteiger charge is 2.20. The van der Waals surface area contributed by atoms with Gasteiger partial charge >= 0.3 is 0 Å². The van der Waals surface area contributed by atoms with Crippen LogP contribution in [0, 0.1) is 5.82 Å². The van der Waals surface area contributed by atoms with Gasteiger partial charge < -0.3 is 4.74 Å². The summed E-state index contributed by atoms with van der Waals surface area (Å²) < 4.78 is 46.8. The summed E-state index contributed by atoms with van der Waals surface area (Å²) in [5.41, 5.74) is 2.18. The maximum atomic E-state index is 13.2. The average molecular weight is 423 g/mol. The Morgan fingerprint density at radius 2 is 1.47 bits per heavy atom. The van der Waals surface area contributed by atoms with Crippen LogP contribution in [-0.2, 0) is 16.4 Å². The van der Waals surface area contributed by atoms with Crippen molar-refractivity contribution < 1.29 is 17.5 Å². The largest absolute Gasteiger partial charge is 0.475 e. The topological polar surface area (TPSA) is 81.2 Å². The van der Waals surface area contributed by atoms with Gasteiger partial charge in [0.25, 0.3) is 15.9 Å². The van der Waals surface area contributed by atoms with Gasteiger partial charge in [0, 0.05) is 6.42 Å². The second kappa shape index (κ2) is 8.46. The van der Waals surface area contributed by atoms with Crippen molar-refractivity contribution in [3.63, 3.8) is 0 Å². The summed E-state index contributed by atoms with van der Waals surface area (Å²) in [6.07, 6.45) is 0.625. The van der Waals surface area contributed by atoms with E-state index < -0.39 is 15.8 Å². The van der Waals surface area contributed by atoms with Crippen LogP contribution in [0.25, 0.3) is 11.0 Å². The molecule has 0 bridgehead atoms. The Kier molecular flexibility index (Phi) is 5.58. The Labute approximate surface area is 173 Å². The van der Waals surface area contributed by atoms with Crippen LogP contribution in [0.3, 0.4) is 0 Å². The van der Waals surface area contributed by atoms with Gasteiger partial charge in [-0.3, -0.25) is 4.72 Å². The lowest BCUT2D eigenvalue weighted by Crippen LogP contribution is -2.16. The summed E-state index contributed by atoms with van der Waals surface area (Å²) >= 11 is 0. The minimum Gasteiger partial charge on any atom is -0.475 e. The molecule has 0 amide bonds. The van der Waals surface area contributed by atoms with Gasteiger partial charge in [0.1, 0.15) is 5.82 Å². The molecule has 4 rings (SSSR count). The third-order valence-electron chi connectivity index (χ3n) is 4.37. The number of hydrogen-bond donors (Lipinski definition) is 1. The Hall–Kier alpha value is -3.52. The van der Waals surface area contributed by atoms with Crippen molar-refractivity contribution in [2.75, 3.05) is 11.3 Å². The molecule has 4 aromatic rings. The van der Waals surface area contributed by atoms with Crippen LogP contribution in [0.1, 0.15) is 5.56 Å². The Morgan fingerprint density at radius 1 is 0.833 bits per heavy atom. The van der Waals surface area contributed by atoms with E-state index in [0.29, 0.717) is 24.1 Å². The maximum absolute atomic E-state index is 13.2. The van der Waals surface area contributed by atoms with E-state index in [2.05, 4.69) is 14.7 Å². The zero-order valence-corrected chi connectivity index (χ0v) is 16.6. The zero-order chi connectivity index (χ0) is 21.0. The fourth-order valence-electron chi connectivity index (χ4n) is 2.86. The fourth-order valence-corrected chi connectivity index (χ4v) is 3.86. The number of nitrogens with zero attached hydrogens (tertiary/aromatic N) is 2. The number of ether oxygens (including phenoxy) is 1. The summed E-state index contributed by atoms with van der Waals surface area (Å²) in [6.45, 7) is 0.294. The molecule has 0 aliphatic rings. The predicted octanol–water partition coefficient (Wildman–Crippen LogP) is 4.19. The molecule has 1 aromatic heterocycles. The number of nitrogens with one attached hydrogen (secondary N) is 1. The molecule has 30 heavy (non-hydrogen) atoms. The Morgan fingerprint density at radius 3 is 2.17 bits per heavy atom. The number of sulfonamides is 1. The second-order valence-electron chi connectivity index (χ2n) is 6.51. The number of anilines is 1. The molecule has 1 N–H and O–H groups in total. The average Bonchev–Trinajstić information content (AvgIpc) is 2.75. The monoisotopic (exact) mass is 423 g/mol. The number of para-hydroxylation sites is 2. The van der Waals surface area contributed by atoms with E-state index >= 15 is 0 Å². The van der Waals surface area contributed by atoms with E-state index in [-0.39, 0.29) is 16.6 Å². The molecular formula is C22H18FN3O3S. The first kappa shape index (κ1) is 19.8. The lowest BCUT2D eigenvalue weighted by Gasteiger charge is -2.13. The number of rotatable bonds is 7. The maximum Gasteiger partial charge on any atom is 0.263 e. The molecule has 6 nitrogen and oxygen atoms in total. The lowest BCUT2D eigenvalue weighted by molar-refractivity contribution is 0.311. The molecule has 8 heteroatoms. The molecule has 0 saturated heterocycles. The molecule has 3 aromatic carbocycles. The predicted molar refractivity (Wildman–Crippen MR) is 112 cm³/mol. The van der Waals surface area contributed by atoms with E-state index in [1.54, 1.807) is 18.2 Å². The van der Waals surface area contributed by atoms with Gasteiger partial charge in [-0.1, -0.05) is 42.5 Å². The van der Waals surface area contributed by atoms with Gasteiger partial charge in [0.15, 0.2) is 0 Å². The standard InChI is InChI=1S/C22H18FN3O3S/c23-17-10-12-18(13-11-17)30(27,28)26-21-22(25-20-9-5-4-8-19(20)24-21)29-15-14-16-6-2-1-3-7-16/h1-13H,14-15H2,(H,24,26). The molecule has 0 aliphatic carbocycles. The van der Waals surface area contributed by atoms with Crippen LogP contribution in [0.5, 0.6) is 5.88 Å². The Bertz CT molecular complexity index is 1260. The van der Waals surface area contributed by atoms with Gasteiger partial charge in [-0.2, -0.15) is 0 Å². The van der Waals surface area contributed by atoms with Crippen LogP contribution in [-0.4, -0.2) is 25.0 Å². The lowest BCUT2D eigenvalue weighted by atomic mass is 10.2. The molecular weight excluding hydrogens is 405 g/mol. The van der Waals surface area contributed by atoms with Crippen molar-refractivity contribution in [1.82, 2.24) is 9.97 Å². The first-order valence-electron chi connectivity index (χ1n) is 9.23. The summed E-state index contributed by atoms with van der Waals surface area (Å²) in [7, 11) is -4.00. The fraction of sp³-hybridized carbons (Fsp3) is 0.0909. The van der Waals surface area contributed by atoms with Crippen molar-refractivity contribution in [3.05, 3.63) is 90.2 Å². The summed E-state index contributed by atoms with van der Waals surface area (Å²) in [4.78, 5) is 8.72. The minimum absolute atomic E-state index is 0.0221. The highest BCUT2D eigenvalue weighted by atomic mass is 32.2. The van der Waals surface area contributed by atoms with E-state index in [0.717, 1.165) is 17.7 Å². The minimum atomic E-state index is -4.00. The molecule has 0 saturated carbocycles. The van der Waals surface area contributed by atoms with Crippen molar-refractivity contribution in [1.29, 1.82) is 0 Å². The number of aromatic nitrogens is 2. The molecule has 0 atom stereocenters. The SMILES string of the molecule is O=S(=O)(Nc1nc2ccccc2nc1OCCc1ccccc1)c1ccc(F)cc1. The second-order valence-corrected chi connectivity index (χ2v) is 8.19. The quantitative estimate of drug-likeness (QED) is 0.482. The van der Waals surface area contributed by atoms with Crippen LogP contribution >= 0.6 is 0 Å². The highest BCUT2D eigenvalue weighted by molar-refractivity contribution is 7.92. The molecule has 0 spiro atoms. The molecule has 0 aliphatic heterocycles. The summed E-state index contributed by atoms with van der Waals surface area (Å²) in [5.74, 6) is -0.467. The van der Waals surface area contributed by atoms with Crippen molar-refractivity contribution in [3.8, 4) is 5.88 Å². The van der Waals surface area contributed by atoms with Crippen LogP contribution < -0.4 is 9.46 Å². The third kappa shape index (κ3) is 4.55. The molecule has 152 valence electrons. The van der Waals surface area contributed by atoms with E-state index in [9.17, 15) is 12.8 Å². The van der Waals surface area contributed by atoms with Crippen molar-refractivity contribution in [2.24, 2.45) is 0 Å². The molecule has 0 unspecified atom stereocenters. The zero-order valence-electron chi connectivity index (χ0n) is 15.8. The third-order valence-corrected chi connectivity index (χ3v) is 5.72. The molecule has 0 fully saturated rings. The smallest absolute Gasteiger partial charge is 0.263 e. The van der Waals surface area contributed by atoms with Gasteiger partial charge in [-0.25, -0.2) is 22.8 Å². The van der Waals surface area contributed by atoms with Crippen molar-refractivity contribution in [2.45, 2.75) is 11.3 Å². The van der Waals surface area contributed by atoms with E-state index in [4.69, 9.17) is 4.74 Å². The van der Waals surface area contributed by atoms with Crippen LogP contribution in [0.2, 0.25) is 0 Å². The van der Waals surface area contributed by atoms with Crippen molar-refractivity contribution >= 4 is 26.9 Å². The van der Waals surface area contributed by atoms with Crippen LogP contribution in [0.15, 0.2) is 83.8 Å². The number of halogens is 1. The summed E-state index contributed by atoms with van der Waals surface area (Å²) in [5, 5.41) is 0. The molecule has 0 radical (unpaired) electrons. The van der Waals surface area contributed by atoms with Gasteiger partial charge in [0.2, 0.25) is 5.82 Å². The van der Waals surface area contributed by atoms with Gasteiger partial charge in [-0.05, 0) is 42.0 Å². The first-order valence-corrected chi connectivity index (χ1v) is 10.7. The normalized spacial score (nSPS) is 11.4. The number of benzene rings is 3. The number of fused-ring (bicyclic) bond motifs is 1. The van der Waals surface area contributed by atoms with Gasteiger partial charge in [-0.15, -0.1) is 0 Å². The highest BCUT2D eigenvalue weighted by Crippen LogP contribution is 2.26. The van der Waals surface area contributed by atoms with E-state index in [1.165, 1.54) is 12.1 Å². The summed E-state index contributed by atoms with van der Waals surface area (Å²) in [6, 6.07) is 21.4. The number of hydrogen-bond acceptors (Lipinski definition) is 5. The van der Waals surface area contributed by atoms with Crippen LogP contribution in [0.4, 0.5) is 10.2 Å². The molecule has 1 heterocycles.